The SMILES string of the molecule is CC#CCCOCCC(N)CCCc1c[nH]nn1. The number of nitrogens with two attached hydrogens (primary N) is 1. The maximum Gasteiger partial charge on any atom is 0.0824 e. The second kappa shape index (κ2) is 9.63. The minimum absolute atomic E-state index is 0.203. The van der Waals surface area contributed by atoms with E-state index >= 15 is 0 Å². The highest BCUT2D eigenvalue weighted by molar-refractivity contribution is 4.94. The lowest BCUT2D eigenvalue weighted by molar-refractivity contribution is 0.131. The Kier molecular flexibility index (Phi) is 7.85. The smallest absolute Gasteiger partial charge is 0.0824 e. The van der Waals surface area contributed by atoms with Crippen molar-refractivity contribution in [2.45, 2.75) is 45.1 Å². The Morgan fingerprint density at radius 2 is 2.33 bits per heavy atom. The summed E-state index contributed by atoms with van der Waals surface area (Å²) in [6.45, 7) is 3.26. The van der Waals surface area contributed by atoms with Gasteiger partial charge in [0.2, 0.25) is 0 Å². The van der Waals surface area contributed by atoms with E-state index in [0.29, 0.717) is 6.61 Å². The van der Waals surface area contributed by atoms with Gasteiger partial charge in [0, 0.05) is 25.3 Å². The number of aromatic nitrogens is 3. The van der Waals surface area contributed by atoms with Crippen LogP contribution in [0.15, 0.2) is 6.20 Å². The minimum Gasteiger partial charge on any atom is -0.380 e. The molecule has 100 valence electrons. The molecule has 0 saturated heterocycles. The molecule has 1 unspecified atom stereocenters. The third-order valence-electron chi connectivity index (χ3n) is 2.66. The fraction of sp³-hybridized carbons (Fsp3) is 0.692. The molecule has 1 aromatic heterocycles. The van der Waals surface area contributed by atoms with Crippen LogP contribution in [0, 0.1) is 11.8 Å². The molecule has 0 aliphatic rings. The van der Waals surface area contributed by atoms with Gasteiger partial charge in [0.25, 0.3) is 0 Å². The van der Waals surface area contributed by atoms with E-state index < -0.39 is 0 Å². The summed E-state index contributed by atoms with van der Waals surface area (Å²) in [5.74, 6) is 5.80. The van der Waals surface area contributed by atoms with Crippen molar-refractivity contribution < 1.29 is 4.74 Å². The quantitative estimate of drug-likeness (QED) is 0.511. The van der Waals surface area contributed by atoms with Crippen LogP contribution in [0.4, 0.5) is 0 Å². The Morgan fingerprint density at radius 3 is 3.06 bits per heavy atom. The molecule has 5 heteroatoms. The van der Waals surface area contributed by atoms with Crippen LogP contribution in [0.25, 0.3) is 0 Å². The molecule has 1 rings (SSSR count). The number of hydrogen-bond acceptors (Lipinski definition) is 4. The van der Waals surface area contributed by atoms with E-state index in [2.05, 4.69) is 27.3 Å². The summed E-state index contributed by atoms with van der Waals surface area (Å²) in [7, 11) is 0. The van der Waals surface area contributed by atoms with Crippen molar-refractivity contribution in [3.63, 3.8) is 0 Å². The van der Waals surface area contributed by atoms with E-state index in [9.17, 15) is 0 Å². The molecular weight excluding hydrogens is 228 g/mol. The first-order valence-corrected chi connectivity index (χ1v) is 6.41. The average Bonchev–Trinajstić information content (AvgIpc) is 2.87. The van der Waals surface area contributed by atoms with Crippen molar-refractivity contribution in [1.29, 1.82) is 0 Å². The first-order chi connectivity index (χ1) is 8.83. The Labute approximate surface area is 108 Å². The molecule has 0 aliphatic heterocycles. The van der Waals surface area contributed by atoms with Gasteiger partial charge in [-0.3, -0.25) is 5.10 Å². The van der Waals surface area contributed by atoms with Crippen molar-refractivity contribution in [2.24, 2.45) is 5.73 Å². The Balaban J connectivity index is 1.93. The third-order valence-corrected chi connectivity index (χ3v) is 2.66. The number of nitrogens with zero attached hydrogens (tertiary/aromatic N) is 2. The maximum absolute atomic E-state index is 6.00. The molecule has 0 bridgehead atoms. The van der Waals surface area contributed by atoms with Gasteiger partial charge >= 0.3 is 0 Å². The fourth-order valence-electron chi connectivity index (χ4n) is 1.62. The molecule has 18 heavy (non-hydrogen) atoms. The molecular formula is C13H22N4O. The third kappa shape index (κ3) is 7.05. The van der Waals surface area contributed by atoms with Crippen molar-refractivity contribution in [1.82, 2.24) is 15.4 Å². The van der Waals surface area contributed by atoms with Crippen molar-refractivity contribution in [3.8, 4) is 11.8 Å². The van der Waals surface area contributed by atoms with Crippen LogP contribution in [-0.2, 0) is 11.2 Å². The van der Waals surface area contributed by atoms with Gasteiger partial charge < -0.3 is 10.5 Å². The number of hydrogen-bond donors (Lipinski definition) is 2. The van der Waals surface area contributed by atoms with Crippen molar-refractivity contribution >= 4 is 0 Å². The number of aromatic amines is 1. The molecule has 0 aliphatic carbocycles. The lowest BCUT2D eigenvalue weighted by Crippen LogP contribution is -2.22. The van der Waals surface area contributed by atoms with E-state index in [1.165, 1.54) is 0 Å². The Hall–Kier alpha value is -1.38. The largest absolute Gasteiger partial charge is 0.380 e. The molecule has 1 heterocycles. The van der Waals surface area contributed by atoms with Crippen LogP contribution in [0.2, 0.25) is 0 Å². The normalized spacial score (nSPS) is 11.9. The molecule has 0 amide bonds. The van der Waals surface area contributed by atoms with Gasteiger partial charge in [-0.15, -0.1) is 16.9 Å². The summed E-state index contributed by atoms with van der Waals surface area (Å²) < 4.78 is 5.45. The molecule has 1 aromatic rings. The second-order valence-corrected chi connectivity index (χ2v) is 4.19. The van der Waals surface area contributed by atoms with E-state index in [-0.39, 0.29) is 6.04 Å². The Morgan fingerprint density at radius 1 is 1.44 bits per heavy atom. The van der Waals surface area contributed by atoms with E-state index in [1.54, 1.807) is 0 Å². The number of H-pyrrole nitrogens is 1. The second-order valence-electron chi connectivity index (χ2n) is 4.19. The van der Waals surface area contributed by atoms with Gasteiger partial charge in [-0.25, -0.2) is 0 Å². The van der Waals surface area contributed by atoms with Crippen LogP contribution >= 0.6 is 0 Å². The highest BCUT2D eigenvalue weighted by Crippen LogP contribution is 2.04. The van der Waals surface area contributed by atoms with Gasteiger partial charge in [0.05, 0.1) is 12.3 Å². The van der Waals surface area contributed by atoms with Crippen molar-refractivity contribution in [3.05, 3.63) is 11.9 Å². The summed E-state index contributed by atoms with van der Waals surface area (Å²) in [5.41, 5.74) is 7.00. The minimum atomic E-state index is 0.203. The summed E-state index contributed by atoms with van der Waals surface area (Å²) in [4.78, 5) is 0. The van der Waals surface area contributed by atoms with Crippen LogP contribution in [0.3, 0.4) is 0 Å². The molecule has 0 spiro atoms. The molecule has 0 radical (unpaired) electrons. The first kappa shape index (κ1) is 14.7. The number of rotatable bonds is 9. The van der Waals surface area contributed by atoms with E-state index in [4.69, 9.17) is 10.5 Å². The zero-order chi connectivity index (χ0) is 13.1. The number of ether oxygens (including phenoxy) is 1. The Bertz CT molecular complexity index is 353. The average molecular weight is 250 g/mol. The zero-order valence-corrected chi connectivity index (χ0v) is 11.0. The van der Waals surface area contributed by atoms with Crippen molar-refractivity contribution in [2.75, 3.05) is 13.2 Å². The lowest BCUT2D eigenvalue weighted by atomic mass is 10.1. The molecule has 5 nitrogen and oxygen atoms in total. The maximum atomic E-state index is 6.00. The first-order valence-electron chi connectivity index (χ1n) is 6.41. The molecule has 0 fully saturated rings. The van der Waals surface area contributed by atoms with E-state index in [1.807, 2.05) is 13.1 Å². The standard InChI is InChI=1S/C13H22N4O/c1-2-3-4-9-18-10-8-12(14)6-5-7-13-11-15-17-16-13/h11-12H,4-10,14H2,1H3,(H,15,16,17). The van der Waals surface area contributed by atoms with Crippen LogP contribution in [0.1, 0.15) is 38.3 Å². The highest BCUT2D eigenvalue weighted by Gasteiger charge is 2.03. The highest BCUT2D eigenvalue weighted by atomic mass is 16.5. The van der Waals surface area contributed by atoms with Gasteiger partial charge in [-0.2, -0.15) is 0 Å². The fourth-order valence-corrected chi connectivity index (χ4v) is 1.62. The van der Waals surface area contributed by atoms with Gasteiger partial charge in [-0.1, -0.05) is 5.21 Å². The number of aryl methyl sites for hydroxylation is 1. The van der Waals surface area contributed by atoms with E-state index in [0.717, 1.165) is 44.4 Å². The van der Waals surface area contributed by atoms with Gasteiger partial charge in [-0.05, 0) is 32.6 Å². The van der Waals surface area contributed by atoms with Gasteiger partial charge in [0.15, 0.2) is 0 Å². The summed E-state index contributed by atoms with van der Waals surface area (Å²) in [6.07, 6.45) is 6.48. The van der Waals surface area contributed by atoms with Crippen LogP contribution < -0.4 is 5.73 Å². The predicted molar refractivity (Wildman–Crippen MR) is 70.8 cm³/mol. The molecule has 1 atom stereocenters. The van der Waals surface area contributed by atoms with Gasteiger partial charge in [0.1, 0.15) is 0 Å². The lowest BCUT2D eigenvalue weighted by Gasteiger charge is -2.10. The summed E-state index contributed by atoms with van der Waals surface area (Å²) in [6, 6.07) is 0.203. The van der Waals surface area contributed by atoms with Crippen LogP contribution in [-0.4, -0.2) is 34.7 Å². The summed E-state index contributed by atoms with van der Waals surface area (Å²) in [5, 5.41) is 10.3. The summed E-state index contributed by atoms with van der Waals surface area (Å²) >= 11 is 0. The molecule has 0 saturated carbocycles. The zero-order valence-electron chi connectivity index (χ0n) is 11.0. The monoisotopic (exact) mass is 250 g/mol. The molecule has 3 N–H and O–H groups in total. The molecule has 0 aromatic carbocycles. The van der Waals surface area contributed by atoms with Crippen LogP contribution in [0.5, 0.6) is 0 Å². The number of nitrogens with one attached hydrogen (secondary N) is 1. The predicted octanol–water partition coefficient (Wildman–Crippen LogP) is 1.27. The topological polar surface area (TPSA) is 76.8 Å².